The van der Waals surface area contributed by atoms with E-state index in [2.05, 4.69) is 0 Å². The second kappa shape index (κ2) is 6.05. The van der Waals surface area contributed by atoms with Gasteiger partial charge in [0.25, 0.3) is 0 Å². The predicted molar refractivity (Wildman–Crippen MR) is 65.2 cm³/mol. The van der Waals surface area contributed by atoms with Crippen LogP contribution in [0.4, 0.5) is 0 Å². The predicted octanol–water partition coefficient (Wildman–Crippen LogP) is 0.844. The third-order valence-electron chi connectivity index (χ3n) is 2.82. The van der Waals surface area contributed by atoms with E-state index in [1.165, 1.54) is 6.08 Å². The molecule has 0 aromatic carbocycles. The monoisotopic (exact) mass is 256 g/mol. The first-order chi connectivity index (χ1) is 7.99. The van der Waals surface area contributed by atoms with Gasteiger partial charge in [0.1, 0.15) is 6.04 Å². The minimum Gasteiger partial charge on any atom is -0.480 e. The number of rotatable bonds is 5. The van der Waals surface area contributed by atoms with Crippen molar-refractivity contribution in [3.63, 3.8) is 0 Å². The van der Waals surface area contributed by atoms with E-state index in [1.807, 2.05) is 6.07 Å². The number of hydrogen-bond acceptors (Lipinski definition) is 5. The van der Waals surface area contributed by atoms with E-state index in [-0.39, 0.29) is 5.75 Å². The van der Waals surface area contributed by atoms with E-state index in [1.54, 1.807) is 0 Å². The Morgan fingerprint density at radius 2 is 2.18 bits per heavy atom. The summed E-state index contributed by atoms with van der Waals surface area (Å²) in [4.78, 5) is 11.1. The van der Waals surface area contributed by atoms with E-state index in [0.29, 0.717) is 17.7 Å². The van der Waals surface area contributed by atoms with Gasteiger partial charge >= 0.3 is 5.97 Å². The molecule has 6 heteroatoms. The molecule has 1 atom stereocenters. The first kappa shape index (κ1) is 14.0. The van der Waals surface area contributed by atoms with Gasteiger partial charge in [0.15, 0.2) is 0 Å². The van der Waals surface area contributed by atoms with Crippen LogP contribution in [-0.4, -0.2) is 33.6 Å². The van der Waals surface area contributed by atoms with Crippen molar-refractivity contribution in [3.8, 4) is 6.07 Å². The van der Waals surface area contributed by atoms with Gasteiger partial charge in [0.2, 0.25) is 0 Å². The van der Waals surface area contributed by atoms with Crippen LogP contribution < -0.4 is 5.73 Å². The van der Waals surface area contributed by atoms with Crippen LogP contribution in [-0.2, 0) is 4.79 Å². The lowest BCUT2D eigenvalue weighted by Gasteiger charge is -2.25. The molecule has 94 valence electrons. The Hall–Kier alpha value is -1.03. The van der Waals surface area contributed by atoms with Gasteiger partial charge in [-0.1, -0.05) is 12.8 Å². The van der Waals surface area contributed by atoms with Crippen LogP contribution >= 0.6 is 11.8 Å². The Morgan fingerprint density at radius 1 is 1.59 bits per heavy atom. The van der Waals surface area contributed by atoms with E-state index in [4.69, 9.17) is 16.1 Å². The molecule has 0 aromatic rings. The molecule has 0 saturated heterocycles. The Morgan fingerprint density at radius 3 is 2.65 bits per heavy atom. The Bertz CT molecular complexity index is 356. The Labute approximate surface area is 104 Å². The number of hydrogen-bond donors (Lipinski definition) is 3. The number of nitriles is 1. The van der Waals surface area contributed by atoms with Crippen molar-refractivity contribution in [2.24, 2.45) is 5.73 Å². The van der Waals surface area contributed by atoms with Crippen molar-refractivity contribution in [2.45, 2.75) is 37.3 Å². The third kappa shape index (κ3) is 3.73. The average Bonchev–Trinajstić information content (AvgIpc) is 2.71. The van der Waals surface area contributed by atoms with E-state index in [0.717, 1.165) is 24.6 Å². The van der Waals surface area contributed by atoms with Gasteiger partial charge in [-0.15, -0.1) is 11.8 Å². The number of aliphatic carboxylic acids is 1. The van der Waals surface area contributed by atoms with Gasteiger partial charge in [-0.3, -0.25) is 4.79 Å². The fraction of sp³-hybridized carbons (Fsp3) is 0.636. The molecule has 0 bridgehead atoms. The minimum atomic E-state index is -1.08. The number of carboxylic acid groups (broad SMARTS) is 1. The topological polar surface area (TPSA) is 107 Å². The van der Waals surface area contributed by atoms with E-state index >= 15 is 0 Å². The van der Waals surface area contributed by atoms with Crippen molar-refractivity contribution >= 4 is 17.7 Å². The number of nitrogens with zero attached hydrogens (tertiary/aromatic N) is 1. The molecular formula is C11H16N2O3S. The Kier molecular flexibility index (Phi) is 5.00. The standard InChI is InChI=1S/C11H16N2O3S/c12-6-3-9(11(16)4-1-2-5-11)17-7-8(13)10(14)15/h3,8,16H,1-2,4-5,7,13H2,(H,14,15)/b9-3-/t8-/m0/s1. The summed E-state index contributed by atoms with van der Waals surface area (Å²) in [6.07, 6.45) is 4.38. The average molecular weight is 256 g/mol. The van der Waals surface area contributed by atoms with Crippen LogP contribution in [0.3, 0.4) is 0 Å². The van der Waals surface area contributed by atoms with Crippen LogP contribution in [0.15, 0.2) is 11.0 Å². The molecule has 0 spiro atoms. The zero-order chi connectivity index (χ0) is 12.9. The summed E-state index contributed by atoms with van der Waals surface area (Å²) >= 11 is 1.16. The molecule has 1 aliphatic rings. The third-order valence-corrected chi connectivity index (χ3v) is 4.16. The maximum atomic E-state index is 10.6. The zero-order valence-corrected chi connectivity index (χ0v) is 10.2. The van der Waals surface area contributed by atoms with Crippen molar-refractivity contribution in [2.75, 3.05) is 5.75 Å². The molecule has 1 aliphatic carbocycles. The second-order valence-electron chi connectivity index (χ2n) is 4.13. The minimum absolute atomic E-state index is 0.158. The molecule has 1 fully saturated rings. The number of carboxylic acids is 1. The van der Waals surface area contributed by atoms with Crippen molar-refractivity contribution in [1.82, 2.24) is 0 Å². The number of thioether (sulfide) groups is 1. The molecule has 0 amide bonds. The van der Waals surface area contributed by atoms with Gasteiger partial charge < -0.3 is 15.9 Å². The number of nitrogens with two attached hydrogens (primary N) is 1. The highest BCUT2D eigenvalue weighted by atomic mass is 32.2. The normalized spacial score (nSPS) is 20.9. The molecular weight excluding hydrogens is 240 g/mol. The fourth-order valence-electron chi connectivity index (χ4n) is 1.83. The van der Waals surface area contributed by atoms with Crippen LogP contribution in [0.2, 0.25) is 0 Å². The van der Waals surface area contributed by atoms with Gasteiger partial charge in [-0.25, -0.2) is 0 Å². The molecule has 5 nitrogen and oxygen atoms in total. The highest BCUT2D eigenvalue weighted by Gasteiger charge is 2.35. The largest absolute Gasteiger partial charge is 0.480 e. The summed E-state index contributed by atoms with van der Waals surface area (Å²) in [5.41, 5.74) is 4.43. The molecule has 17 heavy (non-hydrogen) atoms. The molecule has 0 heterocycles. The summed E-state index contributed by atoms with van der Waals surface area (Å²) in [5.74, 6) is -0.919. The summed E-state index contributed by atoms with van der Waals surface area (Å²) in [6, 6.07) is 0.912. The SMILES string of the molecule is N#C/C=C(\SC[C@H](N)C(=O)O)C1(O)CCCC1. The maximum Gasteiger partial charge on any atom is 0.321 e. The molecule has 0 aromatic heterocycles. The van der Waals surface area contributed by atoms with Crippen molar-refractivity contribution in [1.29, 1.82) is 5.26 Å². The second-order valence-corrected chi connectivity index (χ2v) is 5.19. The van der Waals surface area contributed by atoms with Gasteiger partial charge in [-0.05, 0) is 12.8 Å². The summed E-state index contributed by atoms with van der Waals surface area (Å²) in [6.45, 7) is 0. The van der Waals surface area contributed by atoms with E-state index < -0.39 is 17.6 Å². The lowest BCUT2D eigenvalue weighted by Crippen LogP contribution is -2.34. The van der Waals surface area contributed by atoms with Crippen LogP contribution in [0.1, 0.15) is 25.7 Å². The van der Waals surface area contributed by atoms with Crippen LogP contribution in [0.25, 0.3) is 0 Å². The van der Waals surface area contributed by atoms with Crippen molar-refractivity contribution in [3.05, 3.63) is 11.0 Å². The van der Waals surface area contributed by atoms with Gasteiger partial charge in [-0.2, -0.15) is 5.26 Å². The Balaban J connectivity index is 2.65. The van der Waals surface area contributed by atoms with Gasteiger partial charge in [0, 0.05) is 16.7 Å². The fourth-order valence-corrected chi connectivity index (χ4v) is 2.94. The zero-order valence-electron chi connectivity index (χ0n) is 9.43. The molecule has 0 aliphatic heterocycles. The molecule has 4 N–H and O–H groups in total. The molecule has 1 rings (SSSR count). The maximum absolute atomic E-state index is 10.6. The summed E-state index contributed by atoms with van der Waals surface area (Å²) < 4.78 is 0. The highest BCUT2D eigenvalue weighted by molar-refractivity contribution is 8.03. The first-order valence-corrected chi connectivity index (χ1v) is 6.42. The van der Waals surface area contributed by atoms with Crippen LogP contribution in [0.5, 0.6) is 0 Å². The number of allylic oxidation sites excluding steroid dienone is 1. The first-order valence-electron chi connectivity index (χ1n) is 5.43. The molecule has 0 radical (unpaired) electrons. The smallest absolute Gasteiger partial charge is 0.321 e. The lowest BCUT2D eigenvalue weighted by atomic mass is 10.0. The van der Waals surface area contributed by atoms with Crippen LogP contribution in [0, 0.1) is 11.3 Å². The van der Waals surface area contributed by atoms with E-state index in [9.17, 15) is 9.90 Å². The number of carbonyl (C=O) groups is 1. The molecule has 0 unspecified atom stereocenters. The summed E-state index contributed by atoms with van der Waals surface area (Å²) in [7, 11) is 0. The highest BCUT2D eigenvalue weighted by Crippen LogP contribution is 2.40. The van der Waals surface area contributed by atoms with Gasteiger partial charge in [0.05, 0.1) is 11.7 Å². The molecule has 1 saturated carbocycles. The quantitative estimate of drug-likeness (QED) is 0.629. The number of aliphatic hydroxyl groups is 1. The van der Waals surface area contributed by atoms with Crippen molar-refractivity contribution < 1.29 is 15.0 Å². The summed E-state index contributed by atoms with van der Waals surface area (Å²) in [5, 5.41) is 27.7. The lowest BCUT2D eigenvalue weighted by molar-refractivity contribution is -0.137.